The van der Waals surface area contributed by atoms with Crippen LogP contribution in [0, 0.1) is 0 Å². The summed E-state index contributed by atoms with van der Waals surface area (Å²) in [7, 11) is 2.00. The summed E-state index contributed by atoms with van der Waals surface area (Å²) in [6.07, 6.45) is 2.39. The first kappa shape index (κ1) is 13.7. The van der Waals surface area contributed by atoms with E-state index in [1.54, 1.807) is 0 Å². The first-order valence-electron chi connectivity index (χ1n) is 7.08. The maximum atomic E-state index is 3.61. The number of benzene rings is 2. The molecule has 1 heterocycles. The Balaban J connectivity index is 2.07. The molecule has 0 unspecified atom stereocenters. The van der Waals surface area contributed by atoms with Crippen molar-refractivity contribution in [1.82, 2.24) is 5.32 Å². The maximum Gasteiger partial charge on any atom is 0.0467 e. The van der Waals surface area contributed by atoms with E-state index in [2.05, 4.69) is 68.6 Å². The van der Waals surface area contributed by atoms with Crippen LogP contribution >= 0.6 is 15.9 Å². The molecule has 0 atom stereocenters. The van der Waals surface area contributed by atoms with Crippen molar-refractivity contribution in [2.24, 2.45) is 0 Å². The minimum Gasteiger partial charge on any atom is -0.341 e. The van der Waals surface area contributed by atoms with Gasteiger partial charge in [-0.05, 0) is 49.2 Å². The van der Waals surface area contributed by atoms with Crippen molar-refractivity contribution in [2.45, 2.75) is 19.4 Å². The van der Waals surface area contributed by atoms with Crippen LogP contribution in [0.25, 0.3) is 0 Å². The lowest BCUT2D eigenvalue weighted by molar-refractivity contribution is 0.755. The third-order valence-electron chi connectivity index (χ3n) is 3.82. The maximum absolute atomic E-state index is 3.61. The zero-order chi connectivity index (χ0) is 13.9. The monoisotopic (exact) mass is 330 g/mol. The second kappa shape index (κ2) is 5.98. The second-order valence-electron chi connectivity index (χ2n) is 5.19. The average Bonchev–Trinajstić information content (AvgIpc) is 2.49. The highest BCUT2D eigenvalue weighted by Crippen LogP contribution is 2.36. The fourth-order valence-electron chi connectivity index (χ4n) is 2.91. The van der Waals surface area contributed by atoms with E-state index >= 15 is 0 Å². The molecule has 0 saturated heterocycles. The van der Waals surface area contributed by atoms with E-state index in [-0.39, 0.29) is 0 Å². The zero-order valence-electron chi connectivity index (χ0n) is 11.7. The van der Waals surface area contributed by atoms with E-state index in [4.69, 9.17) is 0 Å². The summed E-state index contributed by atoms with van der Waals surface area (Å²) < 4.78 is 1.13. The second-order valence-corrected chi connectivity index (χ2v) is 6.10. The van der Waals surface area contributed by atoms with E-state index in [1.807, 2.05) is 7.05 Å². The standard InChI is InChI=1S/C17H19BrN2/c1-19-12-14-8-9-15(18)11-17(14)20-10-4-6-13-5-2-3-7-16(13)20/h2-3,5,7-9,11,19H,4,6,10,12H2,1H3. The predicted octanol–water partition coefficient (Wildman–Crippen LogP) is 4.25. The number of hydrogen-bond acceptors (Lipinski definition) is 2. The first-order valence-corrected chi connectivity index (χ1v) is 7.87. The van der Waals surface area contributed by atoms with Gasteiger partial charge < -0.3 is 10.2 Å². The molecule has 1 N–H and O–H groups in total. The number of rotatable bonds is 3. The number of fused-ring (bicyclic) bond motifs is 1. The Morgan fingerprint density at radius 3 is 2.85 bits per heavy atom. The minimum absolute atomic E-state index is 0.890. The number of hydrogen-bond donors (Lipinski definition) is 1. The Kier molecular flexibility index (Phi) is 4.08. The lowest BCUT2D eigenvalue weighted by atomic mass is 10.00. The van der Waals surface area contributed by atoms with Gasteiger partial charge in [0.1, 0.15) is 0 Å². The molecule has 0 fully saturated rings. The van der Waals surface area contributed by atoms with Gasteiger partial charge in [0.25, 0.3) is 0 Å². The van der Waals surface area contributed by atoms with Crippen LogP contribution < -0.4 is 10.2 Å². The van der Waals surface area contributed by atoms with Crippen molar-refractivity contribution in [2.75, 3.05) is 18.5 Å². The largest absolute Gasteiger partial charge is 0.341 e. The molecular weight excluding hydrogens is 312 g/mol. The van der Waals surface area contributed by atoms with E-state index in [9.17, 15) is 0 Å². The molecule has 0 aliphatic carbocycles. The summed E-state index contributed by atoms with van der Waals surface area (Å²) in [5.74, 6) is 0. The third-order valence-corrected chi connectivity index (χ3v) is 4.31. The molecule has 0 bridgehead atoms. The summed E-state index contributed by atoms with van der Waals surface area (Å²) >= 11 is 3.61. The van der Waals surface area contributed by atoms with Gasteiger partial charge in [-0.1, -0.05) is 40.2 Å². The van der Waals surface area contributed by atoms with Crippen molar-refractivity contribution in [3.63, 3.8) is 0 Å². The molecule has 0 saturated carbocycles. The van der Waals surface area contributed by atoms with Gasteiger partial charge in [0.05, 0.1) is 0 Å². The average molecular weight is 331 g/mol. The molecule has 0 aromatic heterocycles. The summed E-state index contributed by atoms with van der Waals surface area (Å²) in [5, 5.41) is 3.26. The predicted molar refractivity (Wildman–Crippen MR) is 88.7 cm³/mol. The summed E-state index contributed by atoms with van der Waals surface area (Å²) in [4.78, 5) is 2.45. The van der Waals surface area contributed by atoms with Crippen molar-refractivity contribution < 1.29 is 0 Å². The molecule has 1 aliphatic rings. The number of anilines is 2. The lowest BCUT2D eigenvalue weighted by Gasteiger charge is -2.33. The van der Waals surface area contributed by atoms with Gasteiger partial charge in [0, 0.05) is 28.9 Å². The SMILES string of the molecule is CNCc1ccc(Br)cc1N1CCCc2ccccc21. The molecule has 3 rings (SSSR count). The molecule has 20 heavy (non-hydrogen) atoms. The van der Waals surface area contributed by atoms with Crippen molar-refractivity contribution in [3.8, 4) is 0 Å². The number of halogens is 1. The van der Waals surface area contributed by atoms with Crippen LogP contribution in [0.2, 0.25) is 0 Å². The molecule has 2 aromatic carbocycles. The highest BCUT2D eigenvalue weighted by molar-refractivity contribution is 9.10. The topological polar surface area (TPSA) is 15.3 Å². The van der Waals surface area contributed by atoms with Gasteiger partial charge in [0.15, 0.2) is 0 Å². The van der Waals surface area contributed by atoms with Crippen molar-refractivity contribution >= 4 is 27.3 Å². The fourth-order valence-corrected chi connectivity index (χ4v) is 3.26. The van der Waals surface area contributed by atoms with Gasteiger partial charge in [-0.25, -0.2) is 0 Å². The number of nitrogens with one attached hydrogen (secondary N) is 1. The quantitative estimate of drug-likeness (QED) is 0.904. The van der Waals surface area contributed by atoms with E-state index < -0.39 is 0 Å². The molecule has 2 aromatic rings. The number of para-hydroxylation sites is 1. The highest BCUT2D eigenvalue weighted by atomic mass is 79.9. The third kappa shape index (κ3) is 2.60. The minimum atomic E-state index is 0.890. The van der Waals surface area contributed by atoms with Gasteiger partial charge in [-0.15, -0.1) is 0 Å². The van der Waals surface area contributed by atoms with Crippen LogP contribution in [-0.2, 0) is 13.0 Å². The molecule has 104 valence electrons. The van der Waals surface area contributed by atoms with Crippen LogP contribution in [0.3, 0.4) is 0 Å². The van der Waals surface area contributed by atoms with Crippen molar-refractivity contribution in [1.29, 1.82) is 0 Å². The van der Waals surface area contributed by atoms with Gasteiger partial charge >= 0.3 is 0 Å². The fraction of sp³-hybridized carbons (Fsp3) is 0.294. The molecule has 0 amide bonds. The molecule has 3 heteroatoms. The van der Waals surface area contributed by atoms with E-state index in [0.29, 0.717) is 0 Å². The zero-order valence-corrected chi connectivity index (χ0v) is 13.3. The molecule has 0 spiro atoms. The van der Waals surface area contributed by atoms with Gasteiger partial charge in [0.2, 0.25) is 0 Å². The Morgan fingerprint density at radius 1 is 1.15 bits per heavy atom. The van der Waals surface area contributed by atoms with Crippen LogP contribution in [-0.4, -0.2) is 13.6 Å². The summed E-state index contributed by atoms with van der Waals surface area (Å²) in [6, 6.07) is 15.3. The summed E-state index contributed by atoms with van der Waals surface area (Å²) in [5.41, 5.74) is 5.46. The van der Waals surface area contributed by atoms with Crippen LogP contribution in [0.5, 0.6) is 0 Å². The Morgan fingerprint density at radius 2 is 2.00 bits per heavy atom. The van der Waals surface area contributed by atoms with Gasteiger partial charge in [-0.2, -0.15) is 0 Å². The smallest absolute Gasteiger partial charge is 0.0467 e. The summed E-state index contributed by atoms with van der Waals surface area (Å²) in [6.45, 7) is 1.98. The van der Waals surface area contributed by atoms with Crippen LogP contribution in [0.1, 0.15) is 17.5 Å². The molecule has 1 aliphatic heterocycles. The Labute approximate surface area is 128 Å². The van der Waals surface area contributed by atoms with Gasteiger partial charge in [-0.3, -0.25) is 0 Å². The number of nitrogens with zero attached hydrogens (tertiary/aromatic N) is 1. The number of aryl methyl sites for hydroxylation is 1. The molecule has 0 radical (unpaired) electrons. The first-order chi connectivity index (χ1) is 9.79. The lowest BCUT2D eigenvalue weighted by Crippen LogP contribution is -2.26. The molecule has 2 nitrogen and oxygen atoms in total. The highest BCUT2D eigenvalue weighted by Gasteiger charge is 2.19. The van der Waals surface area contributed by atoms with E-state index in [0.717, 1.165) is 17.6 Å². The Bertz CT molecular complexity index is 610. The molecular formula is C17H19BrN2. The normalized spacial score (nSPS) is 14.2. The Hall–Kier alpha value is -1.32. The van der Waals surface area contributed by atoms with E-state index in [1.165, 1.54) is 35.3 Å². The van der Waals surface area contributed by atoms with Crippen LogP contribution in [0.4, 0.5) is 11.4 Å². The van der Waals surface area contributed by atoms with Crippen LogP contribution in [0.15, 0.2) is 46.9 Å². The van der Waals surface area contributed by atoms with Crippen molar-refractivity contribution in [3.05, 3.63) is 58.1 Å².